The Bertz CT molecular complexity index is 796. The summed E-state index contributed by atoms with van der Waals surface area (Å²) in [5.74, 6) is -0.543. The molecule has 7 nitrogen and oxygen atoms in total. The van der Waals surface area contributed by atoms with E-state index in [4.69, 9.17) is 0 Å². The zero-order valence-corrected chi connectivity index (χ0v) is 14.8. The summed E-state index contributed by atoms with van der Waals surface area (Å²) in [6.45, 7) is 4.23. The molecule has 1 N–H and O–H groups in total. The second-order valence-electron chi connectivity index (χ2n) is 6.06. The number of benzene rings is 1. The Hall–Kier alpha value is -2.61. The van der Waals surface area contributed by atoms with Gasteiger partial charge in [-0.15, -0.1) is 10.2 Å². The molecule has 0 unspecified atom stereocenters. The van der Waals surface area contributed by atoms with Crippen LogP contribution in [0.1, 0.15) is 58.3 Å². The van der Waals surface area contributed by atoms with Crippen molar-refractivity contribution >= 4 is 34.2 Å². The van der Waals surface area contributed by atoms with E-state index in [1.807, 2.05) is 13.8 Å². The van der Waals surface area contributed by atoms with Crippen molar-refractivity contribution in [1.82, 2.24) is 15.1 Å². The maximum absolute atomic E-state index is 12.2. The van der Waals surface area contributed by atoms with Crippen molar-refractivity contribution in [1.29, 1.82) is 0 Å². The number of nitrogens with zero attached hydrogens (tertiary/aromatic N) is 3. The molecule has 0 saturated heterocycles. The molecule has 25 heavy (non-hydrogen) atoms. The normalized spacial score (nSPS) is 13.5. The van der Waals surface area contributed by atoms with E-state index in [2.05, 4.69) is 15.5 Å². The van der Waals surface area contributed by atoms with Gasteiger partial charge in [0.1, 0.15) is 5.01 Å². The molecular weight excluding hydrogens is 340 g/mol. The predicted octanol–water partition coefficient (Wildman–Crippen LogP) is 2.68. The van der Waals surface area contributed by atoms with Gasteiger partial charge in [-0.3, -0.25) is 19.3 Å². The fourth-order valence-electron chi connectivity index (χ4n) is 2.54. The summed E-state index contributed by atoms with van der Waals surface area (Å²) in [5, 5.41) is 12.0. The first-order valence-electron chi connectivity index (χ1n) is 8.06. The van der Waals surface area contributed by atoms with Crippen LogP contribution in [0.15, 0.2) is 24.3 Å². The van der Waals surface area contributed by atoms with E-state index in [9.17, 15) is 14.4 Å². The molecule has 0 spiro atoms. The van der Waals surface area contributed by atoms with Gasteiger partial charge in [0.05, 0.1) is 11.1 Å². The number of rotatable bonds is 6. The van der Waals surface area contributed by atoms with Crippen LogP contribution >= 0.6 is 11.3 Å². The van der Waals surface area contributed by atoms with Gasteiger partial charge < -0.3 is 5.32 Å². The minimum Gasteiger partial charge on any atom is -0.301 e. The van der Waals surface area contributed by atoms with Gasteiger partial charge in [-0.1, -0.05) is 37.3 Å². The molecule has 1 aromatic heterocycles. The zero-order valence-electron chi connectivity index (χ0n) is 14.0. The first-order valence-corrected chi connectivity index (χ1v) is 8.87. The Morgan fingerprint density at radius 2 is 1.80 bits per heavy atom. The second-order valence-corrected chi connectivity index (χ2v) is 7.07. The van der Waals surface area contributed by atoms with Gasteiger partial charge in [0.25, 0.3) is 11.8 Å². The summed E-state index contributed by atoms with van der Waals surface area (Å²) in [4.78, 5) is 37.6. The monoisotopic (exact) mass is 358 g/mol. The molecule has 130 valence electrons. The highest BCUT2D eigenvalue weighted by atomic mass is 32.1. The summed E-state index contributed by atoms with van der Waals surface area (Å²) in [7, 11) is 0. The molecule has 2 aromatic rings. The maximum Gasteiger partial charge on any atom is 0.261 e. The zero-order chi connectivity index (χ0) is 18.0. The largest absolute Gasteiger partial charge is 0.301 e. The molecule has 0 atom stereocenters. The Kier molecular flexibility index (Phi) is 4.89. The molecule has 2 heterocycles. The van der Waals surface area contributed by atoms with Crippen LogP contribution in [-0.2, 0) is 4.79 Å². The van der Waals surface area contributed by atoms with Crippen LogP contribution in [0.5, 0.6) is 0 Å². The van der Waals surface area contributed by atoms with E-state index in [1.165, 1.54) is 16.2 Å². The first kappa shape index (κ1) is 17.2. The third-order valence-corrected chi connectivity index (χ3v) is 4.98. The predicted molar refractivity (Wildman–Crippen MR) is 93.7 cm³/mol. The van der Waals surface area contributed by atoms with Crippen molar-refractivity contribution in [3.8, 4) is 0 Å². The molecule has 8 heteroatoms. The van der Waals surface area contributed by atoms with Crippen molar-refractivity contribution in [3.63, 3.8) is 0 Å². The number of nitrogens with one attached hydrogen (secondary N) is 1. The number of fused-ring (bicyclic) bond motifs is 1. The van der Waals surface area contributed by atoms with Crippen LogP contribution in [0.2, 0.25) is 0 Å². The Morgan fingerprint density at radius 1 is 1.16 bits per heavy atom. The minimum absolute atomic E-state index is 0.198. The number of hydrogen-bond acceptors (Lipinski definition) is 6. The van der Waals surface area contributed by atoms with Crippen molar-refractivity contribution in [3.05, 3.63) is 40.4 Å². The van der Waals surface area contributed by atoms with Gasteiger partial charge in [0.15, 0.2) is 0 Å². The lowest BCUT2D eigenvalue weighted by Crippen LogP contribution is -2.31. The molecule has 1 aliphatic rings. The summed E-state index contributed by atoms with van der Waals surface area (Å²) < 4.78 is 0. The molecule has 0 aliphatic carbocycles. The van der Waals surface area contributed by atoms with Crippen molar-refractivity contribution in [2.45, 2.75) is 32.6 Å². The highest BCUT2D eigenvalue weighted by Gasteiger charge is 2.34. The van der Waals surface area contributed by atoms with Gasteiger partial charge in [-0.05, 0) is 18.6 Å². The highest BCUT2D eigenvalue weighted by Crippen LogP contribution is 2.24. The van der Waals surface area contributed by atoms with E-state index in [1.54, 1.807) is 24.3 Å². The van der Waals surface area contributed by atoms with Gasteiger partial charge in [0.2, 0.25) is 11.0 Å². The van der Waals surface area contributed by atoms with Crippen LogP contribution in [-0.4, -0.2) is 39.4 Å². The lowest BCUT2D eigenvalue weighted by atomic mass is 10.1. The summed E-state index contributed by atoms with van der Waals surface area (Å²) in [6.07, 6.45) is 0.594. The van der Waals surface area contributed by atoms with Crippen LogP contribution in [0.4, 0.5) is 5.13 Å². The third-order valence-electron chi connectivity index (χ3n) is 3.84. The van der Waals surface area contributed by atoms with Crippen LogP contribution in [0.25, 0.3) is 0 Å². The highest BCUT2D eigenvalue weighted by molar-refractivity contribution is 7.15. The van der Waals surface area contributed by atoms with Gasteiger partial charge in [-0.25, -0.2) is 0 Å². The Morgan fingerprint density at radius 3 is 2.36 bits per heavy atom. The van der Waals surface area contributed by atoms with Crippen molar-refractivity contribution in [2.75, 3.05) is 11.9 Å². The van der Waals surface area contributed by atoms with E-state index in [0.717, 1.165) is 5.01 Å². The second kappa shape index (κ2) is 7.10. The van der Waals surface area contributed by atoms with E-state index in [-0.39, 0.29) is 36.6 Å². The molecule has 0 bridgehead atoms. The fraction of sp³-hybridized carbons (Fsp3) is 0.353. The standard InChI is InChI=1S/C17H18N4O3S/c1-10(2)14-19-20-17(25-14)18-13(22)8-5-9-21-15(23)11-6-3-4-7-12(11)16(21)24/h3-4,6-7,10H,5,8-9H2,1-2H3,(H,18,20,22). The number of hydrogen-bond donors (Lipinski definition) is 1. The average molecular weight is 358 g/mol. The Labute approximate surface area is 149 Å². The number of aromatic nitrogens is 2. The third kappa shape index (κ3) is 3.58. The van der Waals surface area contributed by atoms with Crippen LogP contribution in [0, 0.1) is 0 Å². The van der Waals surface area contributed by atoms with Crippen molar-refractivity contribution in [2.24, 2.45) is 0 Å². The summed E-state index contributed by atoms with van der Waals surface area (Å²) in [6, 6.07) is 6.75. The minimum atomic E-state index is -0.299. The van der Waals surface area contributed by atoms with Gasteiger partial charge in [0, 0.05) is 18.9 Å². The Balaban J connectivity index is 1.50. The quantitative estimate of drug-likeness (QED) is 0.802. The molecule has 1 aromatic carbocycles. The van der Waals surface area contributed by atoms with Crippen LogP contribution < -0.4 is 5.32 Å². The molecule has 0 fully saturated rings. The average Bonchev–Trinajstić information content (AvgIpc) is 3.14. The smallest absolute Gasteiger partial charge is 0.261 e. The molecule has 1 aliphatic heterocycles. The number of amides is 3. The fourth-order valence-corrected chi connectivity index (χ4v) is 3.30. The maximum atomic E-state index is 12.2. The molecule has 3 rings (SSSR count). The summed E-state index contributed by atoms with van der Waals surface area (Å²) in [5.41, 5.74) is 0.846. The number of carbonyl (C=O) groups is 3. The van der Waals surface area contributed by atoms with E-state index in [0.29, 0.717) is 22.7 Å². The number of imide groups is 1. The lowest BCUT2D eigenvalue weighted by molar-refractivity contribution is -0.116. The molecular formula is C17H18N4O3S. The number of carbonyl (C=O) groups excluding carboxylic acids is 3. The molecule has 3 amide bonds. The summed E-state index contributed by atoms with van der Waals surface area (Å²) >= 11 is 1.35. The van der Waals surface area contributed by atoms with E-state index < -0.39 is 0 Å². The van der Waals surface area contributed by atoms with Crippen molar-refractivity contribution < 1.29 is 14.4 Å². The van der Waals surface area contributed by atoms with Crippen LogP contribution in [0.3, 0.4) is 0 Å². The van der Waals surface area contributed by atoms with Gasteiger partial charge >= 0.3 is 0 Å². The van der Waals surface area contributed by atoms with Gasteiger partial charge in [-0.2, -0.15) is 0 Å². The first-order chi connectivity index (χ1) is 12.0. The number of anilines is 1. The van der Waals surface area contributed by atoms with E-state index >= 15 is 0 Å². The molecule has 0 saturated carbocycles. The topological polar surface area (TPSA) is 92.3 Å². The SMILES string of the molecule is CC(C)c1nnc(NC(=O)CCCN2C(=O)c3ccccc3C2=O)s1. The lowest BCUT2D eigenvalue weighted by Gasteiger charge is -2.13. The molecule has 0 radical (unpaired) electrons.